The van der Waals surface area contributed by atoms with E-state index in [9.17, 15) is 4.79 Å². The third-order valence-electron chi connectivity index (χ3n) is 5.83. The summed E-state index contributed by atoms with van der Waals surface area (Å²) in [6.45, 7) is 7.16. The van der Waals surface area contributed by atoms with Gasteiger partial charge in [0.1, 0.15) is 0 Å². The van der Waals surface area contributed by atoms with E-state index in [0.29, 0.717) is 30.4 Å². The van der Waals surface area contributed by atoms with Gasteiger partial charge in [-0.1, -0.05) is 51.1 Å². The van der Waals surface area contributed by atoms with E-state index >= 15 is 0 Å². The zero-order valence-electron chi connectivity index (χ0n) is 19.2. The van der Waals surface area contributed by atoms with Crippen LogP contribution in [0.15, 0.2) is 42.6 Å². The summed E-state index contributed by atoms with van der Waals surface area (Å²) in [5, 5.41) is 4.23. The first-order valence-corrected chi connectivity index (χ1v) is 11.1. The topological polar surface area (TPSA) is 63.4 Å². The van der Waals surface area contributed by atoms with E-state index < -0.39 is 0 Å². The molecular formula is C26H34N2O3. The molecule has 0 saturated heterocycles. The van der Waals surface area contributed by atoms with Crippen LogP contribution in [0.3, 0.4) is 0 Å². The highest BCUT2D eigenvalue weighted by molar-refractivity contribution is 5.88. The lowest BCUT2D eigenvalue weighted by Gasteiger charge is -2.21. The number of carbonyl (C=O) groups excluding carboxylic acids is 1. The number of methoxy groups -OCH3 is 2. The van der Waals surface area contributed by atoms with E-state index in [0.717, 1.165) is 34.9 Å². The molecule has 3 aromatic rings. The summed E-state index contributed by atoms with van der Waals surface area (Å²) < 4.78 is 11.3. The Balaban J connectivity index is 2.05. The second-order valence-corrected chi connectivity index (χ2v) is 8.31. The molecule has 1 aromatic heterocycles. The molecule has 1 heterocycles. The molecule has 1 amide bonds. The van der Waals surface area contributed by atoms with Crippen LogP contribution in [0.1, 0.15) is 56.2 Å². The average molecular weight is 423 g/mol. The maximum atomic E-state index is 12.9. The summed E-state index contributed by atoms with van der Waals surface area (Å²) in [6, 6.07) is 12.2. The Morgan fingerprint density at radius 3 is 2.52 bits per heavy atom. The van der Waals surface area contributed by atoms with Crippen molar-refractivity contribution in [3.8, 4) is 11.5 Å². The predicted octanol–water partition coefficient (Wildman–Crippen LogP) is 5.43. The maximum Gasteiger partial charge on any atom is 0.220 e. The number of carbonyl (C=O) groups is 1. The van der Waals surface area contributed by atoms with Gasteiger partial charge in [0, 0.05) is 41.5 Å². The molecule has 3 rings (SSSR count). The van der Waals surface area contributed by atoms with Crippen LogP contribution >= 0.6 is 0 Å². The molecule has 2 N–H and O–H groups in total. The van der Waals surface area contributed by atoms with Crippen LogP contribution in [0.2, 0.25) is 0 Å². The van der Waals surface area contributed by atoms with Crippen molar-refractivity contribution in [2.45, 2.75) is 46.0 Å². The Hall–Kier alpha value is -2.95. The highest BCUT2D eigenvalue weighted by Gasteiger charge is 2.26. The number of para-hydroxylation sites is 2. The SMILES string of the molecule is CCc1cccc2c([C@H](CC(=O)NCCC(C)C)c3cccc(OC)c3OC)c[nH]c12. The van der Waals surface area contributed by atoms with Crippen molar-refractivity contribution in [3.63, 3.8) is 0 Å². The fourth-order valence-corrected chi connectivity index (χ4v) is 4.15. The molecule has 0 aliphatic carbocycles. The number of fused-ring (bicyclic) bond motifs is 1. The molecule has 0 aliphatic rings. The standard InChI is InChI=1S/C26H34N2O3/c1-6-18-9-7-10-19-22(16-28-25(18)19)21(15-24(29)27-14-13-17(2)3)20-11-8-12-23(30-4)26(20)31-5/h7-12,16-17,21,28H,6,13-15H2,1-5H3,(H,27,29)/t21-/m1/s1. The Bertz CT molecular complexity index is 1020. The van der Waals surface area contributed by atoms with Gasteiger partial charge in [-0.25, -0.2) is 0 Å². The molecular weight excluding hydrogens is 388 g/mol. The van der Waals surface area contributed by atoms with Gasteiger partial charge in [-0.05, 0) is 36.0 Å². The summed E-state index contributed by atoms with van der Waals surface area (Å²) in [5.41, 5.74) is 4.44. The van der Waals surface area contributed by atoms with E-state index in [-0.39, 0.29) is 11.8 Å². The summed E-state index contributed by atoms with van der Waals surface area (Å²) >= 11 is 0. The molecule has 0 saturated carbocycles. The number of H-pyrrole nitrogens is 1. The lowest BCUT2D eigenvalue weighted by Crippen LogP contribution is -2.27. The maximum absolute atomic E-state index is 12.9. The van der Waals surface area contributed by atoms with Crippen molar-refractivity contribution < 1.29 is 14.3 Å². The minimum Gasteiger partial charge on any atom is -0.493 e. The van der Waals surface area contributed by atoms with Gasteiger partial charge in [-0.2, -0.15) is 0 Å². The highest BCUT2D eigenvalue weighted by Crippen LogP contribution is 2.42. The summed E-state index contributed by atoms with van der Waals surface area (Å²) in [7, 11) is 3.28. The second kappa shape index (κ2) is 10.4. The zero-order chi connectivity index (χ0) is 22.4. The molecule has 31 heavy (non-hydrogen) atoms. The van der Waals surface area contributed by atoms with Crippen LogP contribution in [0.5, 0.6) is 11.5 Å². The van der Waals surface area contributed by atoms with Crippen molar-refractivity contribution in [1.82, 2.24) is 10.3 Å². The molecule has 166 valence electrons. The Morgan fingerprint density at radius 1 is 1.06 bits per heavy atom. The van der Waals surface area contributed by atoms with Gasteiger partial charge in [0.05, 0.1) is 14.2 Å². The molecule has 2 aromatic carbocycles. The van der Waals surface area contributed by atoms with Gasteiger partial charge in [-0.3, -0.25) is 4.79 Å². The first-order valence-electron chi connectivity index (χ1n) is 11.1. The molecule has 0 bridgehead atoms. The van der Waals surface area contributed by atoms with Gasteiger partial charge < -0.3 is 19.8 Å². The summed E-state index contributed by atoms with van der Waals surface area (Å²) in [6.07, 6.45) is 4.28. The van der Waals surface area contributed by atoms with Gasteiger partial charge in [-0.15, -0.1) is 0 Å². The smallest absolute Gasteiger partial charge is 0.220 e. The fraction of sp³-hybridized carbons (Fsp3) is 0.423. The number of nitrogens with one attached hydrogen (secondary N) is 2. The Morgan fingerprint density at radius 2 is 1.84 bits per heavy atom. The zero-order valence-corrected chi connectivity index (χ0v) is 19.2. The van der Waals surface area contributed by atoms with Crippen molar-refractivity contribution >= 4 is 16.8 Å². The van der Waals surface area contributed by atoms with Crippen molar-refractivity contribution in [2.24, 2.45) is 5.92 Å². The minimum absolute atomic E-state index is 0.0384. The number of ether oxygens (including phenoxy) is 2. The Labute approximate surface area is 185 Å². The molecule has 0 fully saturated rings. The fourth-order valence-electron chi connectivity index (χ4n) is 4.15. The van der Waals surface area contributed by atoms with E-state index in [2.05, 4.69) is 49.3 Å². The summed E-state index contributed by atoms with van der Waals surface area (Å²) in [4.78, 5) is 16.4. The van der Waals surface area contributed by atoms with Gasteiger partial charge in [0.15, 0.2) is 11.5 Å². The van der Waals surface area contributed by atoms with Crippen molar-refractivity contribution in [1.29, 1.82) is 0 Å². The third kappa shape index (κ3) is 5.04. The van der Waals surface area contributed by atoms with Gasteiger partial charge >= 0.3 is 0 Å². The Kier molecular flexibility index (Phi) is 7.61. The molecule has 0 spiro atoms. The molecule has 5 nitrogen and oxygen atoms in total. The van der Waals surface area contributed by atoms with Crippen molar-refractivity contribution in [3.05, 3.63) is 59.3 Å². The van der Waals surface area contributed by atoms with Crippen LogP contribution in [0.25, 0.3) is 10.9 Å². The van der Waals surface area contributed by atoms with E-state index in [4.69, 9.17) is 9.47 Å². The normalized spacial score (nSPS) is 12.2. The molecule has 0 aliphatic heterocycles. The van der Waals surface area contributed by atoms with Crippen LogP contribution in [-0.4, -0.2) is 31.7 Å². The molecule has 1 atom stereocenters. The van der Waals surface area contributed by atoms with Crippen LogP contribution in [0, 0.1) is 5.92 Å². The van der Waals surface area contributed by atoms with Crippen LogP contribution in [-0.2, 0) is 11.2 Å². The lowest BCUT2D eigenvalue weighted by molar-refractivity contribution is -0.121. The number of amides is 1. The number of benzene rings is 2. The largest absolute Gasteiger partial charge is 0.493 e. The van der Waals surface area contributed by atoms with E-state index in [1.54, 1.807) is 14.2 Å². The number of aromatic amines is 1. The highest BCUT2D eigenvalue weighted by atomic mass is 16.5. The number of aromatic nitrogens is 1. The first kappa shape index (κ1) is 22.7. The van der Waals surface area contributed by atoms with Crippen LogP contribution in [0.4, 0.5) is 0 Å². The monoisotopic (exact) mass is 422 g/mol. The molecule has 0 radical (unpaired) electrons. The van der Waals surface area contributed by atoms with Crippen LogP contribution < -0.4 is 14.8 Å². The van der Waals surface area contributed by atoms with E-state index in [1.165, 1.54) is 5.56 Å². The second-order valence-electron chi connectivity index (χ2n) is 8.31. The summed E-state index contributed by atoms with van der Waals surface area (Å²) in [5.74, 6) is 1.77. The number of aryl methyl sites for hydroxylation is 1. The van der Waals surface area contributed by atoms with Crippen molar-refractivity contribution in [2.75, 3.05) is 20.8 Å². The molecule has 0 unspecified atom stereocenters. The first-order chi connectivity index (χ1) is 15.0. The number of hydrogen-bond donors (Lipinski definition) is 2. The lowest BCUT2D eigenvalue weighted by atomic mass is 9.86. The molecule has 5 heteroatoms. The third-order valence-corrected chi connectivity index (χ3v) is 5.83. The minimum atomic E-state index is -0.162. The van der Waals surface area contributed by atoms with Gasteiger partial charge in [0.2, 0.25) is 5.91 Å². The van der Waals surface area contributed by atoms with E-state index in [1.807, 2.05) is 24.4 Å². The average Bonchev–Trinajstić information content (AvgIpc) is 3.20. The number of hydrogen-bond acceptors (Lipinski definition) is 3. The number of rotatable bonds is 10. The quantitative estimate of drug-likeness (QED) is 0.458. The predicted molar refractivity (Wildman–Crippen MR) is 126 cm³/mol. The van der Waals surface area contributed by atoms with Gasteiger partial charge in [0.25, 0.3) is 0 Å².